The van der Waals surface area contributed by atoms with Crippen LogP contribution in [-0.2, 0) is 4.79 Å². The third-order valence-corrected chi connectivity index (χ3v) is 5.56. The molecule has 0 saturated carbocycles. The standard InChI is InChI=1S/C21H22ClN3O/c22-16-8-6-15(7-9-16)20-18-12-25(13-19(18)24-20)21(26)17(10-11-23)14-4-2-1-3-5-14/h1-6,8-9,15,17H,7,10-13,23H2. The second-order valence-corrected chi connectivity index (χ2v) is 7.38. The molecule has 2 N–H and O–H groups in total. The second-order valence-electron chi connectivity index (χ2n) is 6.95. The van der Waals surface area contributed by atoms with Crippen molar-refractivity contribution in [3.8, 4) is 0 Å². The number of nitrogens with two attached hydrogens (primary N) is 1. The molecule has 5 heteroatoms. The maximum absolute atomic E-state index is 13.1. The minimum atomic E-state index is -0.181. The summed E-state index contributed by atoms with van der Waals surface area (Å²) in [5.74, 6) is 0.243. The molecule has 2 heterocycles. The number of halogens is 1. The lowest BCUT2D eigenvalue weighted by molar-refractivity contribution is -0.131. The topological polar surface area (TPSA) is 58.7 Å². The van der Waals surface area contributed by atoms with Crippen molar-refractivity contribution in [2.75, 3.05) is 19.6 Å². The predicted molar refractivity (Wildman–Crippen MR) is 105 cm³/mol. The molecule has 0 fully saturated rings. The van der Waals surface area contributed by atoms with Gasteiger partial charge in [-0.2, -0.15) is 0 Å². The average Bonchev–Trinajstić information content (AvgIpc) is 2.98. The Labute approximate surface area is 158 Å². The number of hydrogen-bond acceptors (Lipinski definition) is 3. The summed E-state index contributed by atoms with van der Waals surface area (Å²) in [6, 6.07) is 9.92. The van der Waals surface area contributed by atoms with Gasteiger partial charge in [0.1, 0.15) is 0 Å². The molecule has 1 aliphatic carbocycles. The number of rotatable bonds is 5. The van der Waals surface area contributed by atoms with E-state index in [0.717, 1.165) is 28.4 Å². The van der Waals surface area contributed by atoms with Crippen LogP contribution in [0.5, 0.6) is 0 Å². The molecule has 0 spiro atoms. The van der Waals surface area contributed by atoms with Crippen molar-refractivity contribution in [1.29, 1.82) is 0 Å². The first kappa shape index (κ1) is 17.3. The van der Waals surface area contributed by atoms with Crippen LogP contribution in [0.1, 0.15) is 24.3 Å². The van der Waals surface area contributed by atoms with E-state index >= 15 is 0 Å². The Balaban J connectivity index is 1.43. The molecule has 0 bridgehead atoms. The molecule has 134 valence electrons. The number of aliphatic imine (C=N–C) groups is 1. The summed E-state index contributed by atoms with van der Waals surface area (Å²) in [5.41, 5.74) is 10.2. The summed E-state index contributed by atoms with van der Waals surface area (Å²) >= 11 is 6.01. The molecule has 1 amide bonds. The van der Waals surface area contributed by atoms with Crippen molar-refractivity contribution in [2.45, 2.75) is 18.8 Å². The summed E-state index contributed by atoms with van der Waals surface area (Å²) < 4.78 is 0. The van der Waals surface area contributed by atoms with Gasteiger partial charge in [-0.05, 0) is 31.0 Å². The maximum Gasteiger partial charge on any atom is 0.230 e. The van der Waals surface area contributed by atoms with Gasteiger partial charge in [-0.15, -0.1) is 0 Å². The molecule has 0 radical (unpaired) electrons. The number of benzene rings is 1. The fourth-order valence-corrected chi connectivity index (χ4v) is 4.03. The molecule has 4 nitrogen and oxygen atoms in total. The highest BCUT2D eigenvalue weighted by Crippen LogP contribution is 2.36. The molecule has 1 aromatic carbocycles. The van der Waals surface area contributed by atoms with Gasteiger partial charge in [-0.1, -0.05) is 54.1 Å². The predicted octanol–water partition coefficient (Wildman–Crippen LogP) is 3.37. The number of hydrogen-bond donors (Lipinski definition) is 1. The zero-order valence-corrected chi connectivity index (χ0v) is 15.3. The van der Waals surface area contributed by atoms with Gasteiger partial charge in [-0.25, -0.2) is 0 Å². The zero-order chi connectivity index (χ0) is 18.1. The number of carbonyl (C=O) groups excluding carboxylic acids is 1. The van der Waals surface area contributed by atoms with Gasteiger partial charge in [-0.3, -0.25) is 9.79 Å². The van der Waals surface area contributed by atoms with Gasteiger partial charge < -0.3 is 10.6 Å². The number of allylic oxidation sites excluding steroid dienone is 4. The van der Waals surface area contributed by atoms with Gasteiger partial charge in [0.25, 0.3) is 0 Å². The van der Waals surface area contributed by atoms with Gasteiger partial charge in [0, 0.05) is 23.1 Å². The molecule has 2 aliphatic heterocycles. The lowest BCUT2D eigenvalue weighted by Gasteiger charge is -2.24. The van der Waals surface area contributed by atoms with Crippen molar-refractivity contribution in [3.63, 3.8) is 0 Å². The van der Waals surface area contributed by atoms with Crippen LogP contribution in [0.15, 0.2) is 69.9 Å². The molecule has 1 aromatic rings. The van der Waals surface area contributed by atoms with Crippen LogP contribution < -0.4 is 5.73 Å². The van der Waals surface area contributed by atoms with Gasteiger partial charge in [0.2, 0.25) is 5.91 Å². The summed E-state index contributed by atoms with van der Waals surface area (Å²) in [4.78, 5) is 19.7. The van der Waals surface area contributed by atoms with Crippen molar-refractivity contribution in [2.24, 2.45) is 16.6 Å². The zero-order valence-electron chi connectivity index (χ0n) is 14.6. The average molecular weight is 368 g/mol. The molecule has 3 aliphatic rings. The van der Waals surface area contributed by atoms with Crippen LogP contribution in [0.2, 0.25) is 0 Å². The summed E-state index contributed by atoms with van der Waals surface area (Å²) in [7, 11) is 0. The van der Waals surface area contributed by atoms with E-state index < -0.39 is 0 Å². The van der Waals surface area contributed by atoms with E-state index in [9.17, 15) is 4.79 Å². The van der Waals surface area contributed by atoms with Crippen LogP contribution >= 0.6 is 11.6 Å². The van der Waals surface area contributed by atoms with E-state index in [1.165, 1.54) is 5.57 Å². The smallest absolute Gasteiger partial charge is 0.230 e. The first-order chi connectivity index (χ1) is 12.7. The first-order valence-corrected chi connectivity index (χ1v) is 9.44. The fraction of sp³-hybridized carbons (Fsp3) is 0.333. The van der Waals surface area contributed by atoms with Crippen molar-refractivity contribution in [1.82, 2.24) is 4.90 Å². The van der Waals surface area contributed by atoms with Crippen molar-refractivity contribution >= 4 is 23.2 Å². The van der Waals surface area contributed by atoms with Crippen LogP contribution in [0.4, 0.5) is 0 Å². The molecular formula is C21H22ClN3O. The van der Waals surface area contributed by atoms with E-state index in [1.54, 1.807) is 0 Å². The summed E-state index contributed by atoms with van der Waals surface area (Å²) in [6.45, 7) is 1.76. The van der Waals surface area contributed by atoms with E-state index in [1.807, 2.05) is 47.4 Å². The Morgan fingerprint density at radius 3 is 2.81 bits per heavy atom. The molecular weight excluding hydrogens is 346 g/mol. The molecule has 4 rings (SSSR count). The van der Waals surface area contributed by atoms with Gasteiger partial charge >= 0.3 is 0 Å². The summed E-state index contributed by atoms with van der Waals surface area (Å²) in [6.07, 6.45) is 7.60. The highest BCUT2D eigenvalue weighted by Gasteiger charge is 2.38. The van der Waals surface area contributed by atoms with Crippen LogP contribution in [-0.4, -0.2) is 36.2 Å². The highest BCUT2D eigenvalue weighted by molar-refractivity contribution is 6.31. The van der Waals surface area contributed by atoms with Crippen molar-refractivity contribution < 1.29 is 4.79 Å². The molecule has 0 aromatic heterocycles. The molecule has 2 unspecified atom stereocenters. The number of nitrogens with zero attached hydrogens (tertiary/aromatic N) is 2. The Bertz CT molecular complexity index is 838. The van der Waals surface area contributed by atoms with E-state index in [-0.39, 0.29) is 17.7 Å². The first-order valence-electron chi connectivity index (χ1n) is 9.06. The van der Waals surface area contributed by atoms with Crippen LogP contribution in [0.25, 0.3) is 0 Å². The quantitative estimate of drug-likeness (QED) is 0.867. The second kappa shape index (κ2) is 7.22. The molecule has 26 heavy (non-hydrogen) atoms. The third kappa shape index (κ3) is 3.15. The van der Waals surface area contributed by atoms with Gasteiger partial charge in [0.15, 0.2) is 0 Å². The van der Waals surface area contributed by atoms with Gasteiger partial charge in [0.05, 0.1) is 23.9 Å². The minimum Gasteiger partial charge on any atom is -0.332 e. The van der Waals surface area contributed by atoms with E-state index in [4.69, 9.17) is 22.3 Å². The van der Waals surface area contributed by atoms with E-state index in [0.29, 0.717) is 26.1 Å². The monoisotopic (exact) mass is 367 g/mol. The van der Waals surface area contributed by atoms with Crippen LogP contribution in [0.3, 0.4) is 0 Å². The lowest BCUT2D eigenvalue weighted by Crippen LogP contribution is -2.35. The Morgan fingerprint density at radius 2 is 2.12 bits per heavy atom. The van der Waals surface area contributed by atoms with E-state index in [2.05, 4.69) is 6.08 Å². The summed E-state index contributed by atoms with van der Waals surface area (Å²) in [5, 5.41) is 0.783. The lowest BCUT2D eigenvalue weighted by atomic mass is 9.87. The van der Waals surface area contributed by atoms with Crippen LogP contribution in [0, 0.1) is 5.92 Å². The third-order valence-electron chi connectivity index (χ3n) is 5.28. The minimum absolute atomic E-state index is 0.146. The highest BCUT2D eigenvalue weighted by atomic mass is 35.5. The molecule has 2 atom stereocenters. The normalized spacial score (nSPS) is 22.5. The molecule has 0 saturated heterocycles. The maximum atomic E-state index is 13.1. The fourth-order valence-electron chi connectivity index (χ4n) is 3.87. The largest absolute Gasteiger partial charge is 0.332 e. The van der Waals surface area contributed by atoms with Crippen molar-refractivity contribution in [3.05, 3.63) is 70.4 Å². The number of carbonyl (C=O) groups is 1. The number of amides is 1. The Kier molecular flexibility index (Phi) is 4.79. The SMILES string of the molecule is NCCC(C(=O)N1CC2=C(C1)C(C1C=CC(Cl)=CC1)=N2)c1ccccc1. The Hall–Kier alpha value is -2.17. The Morgan fingerprint density at radius 1 is 1.31 bits per heavy atom.